The third-order valence-corrected chi connectivity index (χ3v) is 2.58. The van der Waals surface area contributed by atoms with Crippen molar-refractivity contribution in [2.45, 2.75) is 12.8 Å². The van der Waals surface area contributed by atoms with Crippen molar-refractivity contribution in [3.8, 4) is 5.75 Å². The van der Waals surface area contributed by atoms with Crippen molar-refractivity contribution >= 4 is 11.7 Å². The topological polar surface area (TPSA) is 58.6 Å². The molecule has 0 aromatic heterocycles. The molecule has 4 heteroatoms. The lowest BCUT2D eigenvalue weighted by atomic mass is 9.99. The molecular formula is C11H13NO3. The second-order valence-electron chi connectivity index (χ2n) is 3.54. The number of carboxylic acids is 1. The number of fused-ring (bicyclic) bond motifs is 1. The maximum absolute atomic E-state index is 11.0. The average molecular weight is 207 g/mol. The number of hydrogen-bond acceptors (Lipinski definition) is 3. The number of anilines is 1. The number of aromatic carboxylic acids is 1. The summed E-state index contributed by atoms with van der Waals surface area (Å²) >= 11 is 0. The molecule has 80 valence electrons. The van der Waals surface area contributed by atoms with E-state index in [1.165, 1.54) is 0 Å². The number of aryl methyl sites for hydroxylation is 1. The normalized spacial score (nSPS) is 13.9. The van der Waals surface area contributed by atoms with E-state index in [1.807, 2.05) is 6.07 Å². The van der Waals surface area contributed by atoms with Crippen LogP contribution in [0.1, 0.15) is 22.3 Å². The number of ether oxygens (including phenoxy) is 1. The number of carbonyl (C=O) groups is 1. The Morgan fingerprint density at radius 2 is 2.33 bits per heavy atom. The van der Waals surface area contributed by atoms with Gasteiger partial charge in [-0.05, 0) is 30.5 Å². The number of nitrogens with one attached hydrogen (secondary N) is 1. The predicted molar refractivity (Wildman–Crippen MR) is 56.8 cm³/mol. The molecule has 0 bridgehead atoms. The van der Waals surface area contributed by atoms with Gasteiger partial charge in [-0.1, -0.05) is 0 Å². The van der Waals surface area contributed by atoms with Crippen LogP contribution in [0.25, 0.3) is 0 Å². The van der Waals surface area contributed by atoms with Gasteiger partial charge in [-0.2, -0.15) is 0 Å². The molecule has 0 spiro atoms. The Hall–Kier alpha value is -1.71. The molecule has 4 nitrogen and oxygen atoms in total. The molecule has 2 rings (SSSR count). The van der Waals surface area contributed by atoms with E-state index in [-0.39, 0.29) is 0 Å². The van der Waals surface area contributed by atoms with Crippen molar-refractivity contribution in [1.29, 1.82) is 0 Å². The zero-order valence-electron chi connectivity index (χ0n) is 8.54. The summed E-state index contributed by atoms with van der Waals surface area (Å²) in [7, 11) is 1.55. The van der Waals surface area contributed by atoms with E-state index in [0.29, 0.717) is 11.3 Å². The summed E-state index contributed by atoms with van der Waals surface area (Å²) in [4.78, 5) is 11.0. The van der Waals surface area contributed by atoms with Crippen LogP contribution in [0.15, 0.2) is 12.1 Å². The SMILES string of the molecule is COc1cc2c(c(C(=O)O)c1)NCCC2. The predicted octanol–water partition coefficient (Wildman–Crippen LogP) is 1.75. The van der Waals surface area contributed by atoms with Crippen molar-refractivity contribution in [3.63, 3.8) is 0 Å². The Morgan fingerprint density at radius 1 is 1.53 bits per heavy atom. The molecule has 1 aliphatic heterocycles. The average Bonchev–Trinajstić information content (AvgIpc) is 2.27. The maximum Gasteiger partial charge on any atom is 0.337 e. The van der Waals surface area contributed by atoms with Gasteiger partial charge in [-0.3, -0.25) is 0 Å². The van der Waals surface area contributed by atoms with Crippen LogP contribution in [-0.4, -0.2) is 24.7 Å². The lowest BCUT2D eigenvalue weighted by Crippen LogP contribution is -2.16. The van der Waals surface area contributed by atoms with Crippen molar-refractivity contribution in [1.82, 2.24) is 0 Å². The number of benzene rings is 1. The first-order chi connectivity index (χ1) is 7.22. The highest BCUT2D eigenvalue weighted by molar-refractivity contribution is 5.96. The van der Waals surface area contributed by atoms with Gasteiger partial charge in [-0.15, -0.1) is 0 Å². The van der Waals surface area contributed by atoms with Crippen LogP contribution in [0.5, 0.6) is 5.75 Å². The highest BCUT2D eigenvalue weighted by Crippen LogP contribution is 2.30. The Labute approximate surface area is 87.9 Å². The first-order valence-corrected chi connectivity index (χ1v) is 4.90. The van der Waals surface area contributed by atoms with Gasteiger partial charge in [0, 0.05) is 6.54 Å². The fourth-order valence-corrected chi connectivity index (χ4v) is 1.86. The van der Waals surface area contributed by atoms with Gasteiger partial charge in [0.25, 0.3) is 0 Å². The van der Waals surface area contributed by atoms with Gasteiger partial charge in [0.05, 0.1) is 18.4 Å². The lowest BCUT2D eigenvalue weighted by molar-refractivity contribution is 0.0697. The first kappa shape index (κ1) is 9.83. The van der Waals surface area contributed by atoms with Crippen LogP contribution in [0.4, 0.5) is 5.69 Å². The monoisotopic (exact) mass is 207 g/mol. The van der Waals surface area contributed by atoms with E-state index < -0.39 is 5.97 Å². The van der Waals surface area contributed by atoms with Crippen molar-refractivity contribution in [2.24, 2.45) is 0 Å². The summed E-state index contributed by atoms with van der Waals surface area (Å²) in [5.74, 6) is -0.311. The Balaban J connectivity index is 2.55. The molecule has 0 radical (unpaired) electrons. The van der Waals surface area contributed by atoms with E-state index in [2.05, 4.69) is 5.32 Å². The Kier molecular flexibility index (Phi) is 2.49. The number of carboxylic acid groups (broad SMARTS) is 1. The van der Waals surface area contributed by atoms with Crippen molar-refractivity contribution in [3.05, 3.63) is 23.3 Å². The fraction of sp³-hybridized carbons (Fsp3) is 0.364. The molecule has 1 aromatic rings. The summed E-state index contributed by atoms with van der Waals surface area (Å²) in [6, 6.07) is 3.45. The third-order valence-electron chi connectivity index (χ3n) is 2.58. The molecule has 0 saturated carbocycles. The highest BCUT2D eigenvalue weighted by atomic mass is 16.5. The smallest absolute Gasteiger partial charge is 0.337 e. The molecule has 0 fully saturated rings. The zero-order chi connectivity index (χ0) is 10.8. The lowest BCUT2D eigenvalue weighted by Gasteiger charge is -2.20. The summed E-state index contributed by atoms with van der Waals surface area (Å²) in [6.45, 7) is 0.833. The quantitative estimate of drug-likeness (QED) is 0.775. The minimum absolute atomic E-state index is 0.295. The molecule has 0 aliphatic carbocycles. The van der Waals surface area contributed by atoms with E-state index in [4.69, 9.17) is 9.84 Å². The van der Waals surface area contributed by atoms with Gasteiger partial charge < -0.3 is 15.2 Å². The summed E-state index contributed by atoms with van der Waals surface area (Å²) in [5, 5.41) is 12.2. The largest absolute Gasteiger partial charge is 0.497 e. The van der Waals surface area contributed by atoms with E-state index in [1.54, 1.807) is 13.2 Å². The molecule has 15 heavy (non-hydrogen) atoms. The second-order valence-corrected chi connectivity index (χ2v) is 3.54. The molecular weight excluding hydrogens is 194 g/mol. The van der Waals surface area contributed by atoms with Crippen LogP contribution in [0.2, 0.25) is 0 Å². The fourth-order valence-electron chi connectivity index (χ4n) is 1.86. The van der Waals surface area contributed by atoms with Gasteiger partial charge in [0.1, 0.15) is 5.75 Å². The molecule has 1 heterocycles. The minimum Gasteiger partial charge on any atom is -0.497 e. The number of rotatable bonds is 2. The van der Waals surface area contributed by atoms with Crippen LogP contribution in [-0.2, 0) is 6.42 Å². The van der Waals surface area contributed by atoms with Crippen molar-refractivity contribution in [2.75, 3.05) is 19.0 Å². The van der Waals surface area contributed by atoms with Gasteiger partial charge in [-0.25, -0.2) is 4.79 Å². The van der Waals surface area contributed by atoms with Crippen LogP contribution in [0.3, 0.4) is 0 Å². The Morgan fingerprint density at radius 3 is 3.00 bits per heavy atom. The van der Waals surface area contributed by atoms with Crippen molar-refractivity contribution < 1.29 is 14.6 Å². The first-order valence-electron chi connectivity index (χ1n) is 4.90. The molecule has 1 aromatic carbocycles. The highest BCUT2D eigenvalue weighted by Gasteiger charge is 2.18. The van der Waals surface area contributed by atoms with E-state index >= 15 is 0 Å². The van der Waals surface area contributed by atoms with E-state index in [9.17, 15) is 4.79 Å². The van der Waals surface area contributed by atoms with Crippen LogP contribution >= 0.6 is 0 Å². The zero-order valence-corrected chi connectivity index (χ0v) is 8.54. The van der Waals surface area contributed by atoms with Gasteiger partial charge >= 0.3 is 5.97 Å². The molecule has 0 unspecified atom stereocenters. The molecule has 0 atom stereocenters. The molecule has 1 aliphatic rings. The van der Waals surface area contributed by atoms with Crippen LogP contribution in [0, 0.1) is 0 Å². The standard InChI is InChI=1S/C11H13NO3/c1-15-8-5-7-3-2-4-12-10(7)9(6-8)11(13)14/h5-6,12H,2-4H2,1H3,(H,13,14). The Bertz CT molecular complexity index is 401. The van der Waals surface area contributed by atoms with Crippen LogP contribution < -0.4 is 10.1 Å². The van der Waals surface area contributed by atoms with E-state index in [0.717, 1.165) is 30.6 Å². The molecule has 2 N–H and O–H groups in total. The second kappa shape index (κ2) is 3.81. The van der Waals surface area contributed by atoms with Gasteiger partial charge in [0.15, 0.2) is 0 Å². The molecule has 0 amide bonds. The molecule has 0 saturated heterocycles. The number of hydrogen-bond donors (Lipinski definition) is 2. The van der Waals surface area contributed by atoms with Gasteiger partial charge in [0.2, 0.25) is 0 Å². The minimum atomic E-state index is -0.917. The summed E-state index contributed by atoms with van der Waals surface area (Å²) < 4.78 is 5.08. The summed E-state index contributed by atoms with van der Waals surface area (Å²) in [6.07, 6.45) is 1.93. The maximum atomic E-state index is 11.0. The third kappa shape index (κ3) is 1.75. The summed E-state index contributed by atoms with van der Waals surface area (Å²) in [5.41, 5.74) is 2.07. The number of methoxy groups -OCH3 is 1.